The molecular weight excluding hydrogens is 214 g/mol. The number of amides is 1. The summed E-state index contributed by atoms with van der Waals surface area (Å²) in [6.07, 6.45) is 2.11. The van der Waals surface area contributed by atoms with Crippen LogP contribution in [-0.2, 0) is 0 Å². The van der Waals surface area contributed by atoms with Crippen molar-refractivity contribution in [3.8, 4) is 5.75 Å². The van der Waals surface area contributed by atoms with Crippen LogP contribution in [0.5, 0.6) is 5.75 Å². The van der Waals surface area contributed by atoms with Crippen molar-refractivity contribution in [1.29, 1.82) is 0 Å². The SMILES string of the molecule is CCC(CC)C(C)NC(=O)c1cccc(O)c1. The van der Waals surface area contributed by atoms with Crippen LogP contribution in [0.15, 0.2) is 24.3 Å². The standard InChI is InChI=1S/C14H21NO2/c1-4-11(5-2)10(3)15-14(17)12-7-6-8-13(16)9-12/h6-11,16H,4-5H2,1-3H3,(H,15,17). The lowest BCUT2D eigenvalue weighted by molar-refractivity contribution is 0.0925. The molecule has 1 amide bonds. The summed E-state index contributed by atoms with van der Waals surface area (Å²) in [5.74, 6) is 0.490. The van der Waals surface area contributed by atoms with E-state index in [2.05, 4.69) is 19.2 Å². The molecule has 17 heavy (non-hydrogen) atoms. The zero-order valence-corrected chi connectivity index (χ0v) is 10.7. The first-order chi connectivity index (χ1) is 8.08. The molecule has 1 unspecified atom stereocenters. The Morgan fingerprint density at radius 3 is 2.53 bits per heavy atom. The molecule has 94 valence electrons. The number of aromatic hydroxyl groups is 1. The average Bonchev–Trinajstić information content (AvgIpc) is 2.30. The van der Waals surface area contributed by atoms with Crippen molar-refractivity contribution in [2.24, 2.45) is 5.92 Å². The smallest absolute Gasteiger partial charge is 0.251 e. The molecule has 0 fully saturated rings. The predicted molar refractivity (Wildman–Crippen MR) is 69.1 cm³/mol. The Kier molecular flexibility index (Phi) is 5.01. The lowest BCUT2D eigenvalue weighted by Crippen LogP contribution is -2.37. The highest BCUT2D eigenvalue weighted by Gasteiger charge is 2.16. The molecule has 0 aliphatic rings. The molecule has 0 spiro atoms. The van der Waals surface area contributed by atoms with Gasteiger partial charge < -0.3 is 10.4 Å². The van der Waals surface area contributed by atoms with Crippen LogP contribution in [0.25, 0.3) is 0 Å². The van der Waals surface area contributed by atoms with Gasteiger partial charge in [-0.2, -0.15) is 0 Å². The van der Waals surface area contributed by atoms with E-state index in [4.69, 9.17) is 0 Å². The third kappa shape index (κ3) is 3.77. The van der Waals surface area contributed by atoms with Gasteiger partial charge in [-0.15, -0.1) is 0 Å². The summed E-state index contributed by atoms with van der Waals surface area (Å²) in [6.45, 7) is 6.29. The van der Waals surface area contributed by atoms with Gasteiger partial charge in [-0.25, -0.2) is 0 Å². The van der Waals surface area contributed by atoms with Crippen LogP contribution in [-0.4, -0.2) is 17.1 Å². The van der Waals surface area contributed by atoms with Crippen molar-refractivity contribution in [3.63, 3.8) is 0 Å². The molecule has 1 aromatic rings. The van der Waals surface area contributed by atoms with E-state index in [1.807, 2.05) is 6.92 Å². The molecule has 0 aromatic heterocycles. The Morgan fingerprint density at radius 1 is 1.35 bits per heavy atom. The highest BCUT2D eigenvalue weighted by molar-refractivity contribution is 5.94. The molecule has 0 radical (unpaired) electrons. The third-order valence-electron chi connectivity index (χ3n) is 3.22. The summed E-state index contributed by atoms with van der Waals surface area (Å²) in [5, 5.41) is 12.3. The highest BCUT2D eigenvalue weighted by atomic mass is 16.3. The minimum atomic E-state index is -0.125. The molecule has 0 saturated heterocycles. The largest absolute Gasteiger partial charge is 0.508 e. The normalized spacial score (nSPS) is 12.5. The number of benzene rings is 1. The Bertz CT molecular complexity index is 372. The van der Waals surface area contributed by atoms with Crippen molar-refractivity contribution in [2.45, 2.75) is 39.7 Å². The van der Waals surface area contributed by atoms with Gasteiger partial charge in [0.05, 0.1) is 0 Å². The molecule has 0 aliphatic heterocycles. The number of rotatable bonds is 5. The number of carbonyl (C=O) groups is 1. The maximum atomic E-state index is 11.9. The van der Waals surface area contributed by atoms with Crippen molar-refractivity contribution in [1.82, 2.24) is 5.32 Å². The first-order valence-electron chi connectivity index (χ1n) is 6.18. The van der Waals surface area contributed by atoms with E-state index in [0.717, 1.165) is 12.8 Å². The zero-order valence-electron chi connectivity index (χ0n) is 10.7. The molecule has 1 atom stereocenters. The number of nitrogens with one attached hydrogen (secondary N) is 1. The summed E-state index contributed by atoms with van der Waals surface area (Å²) < 4.78 is 0. The molecule has 1 rings (SSSR count). The van der Waals surface area contributed by atoms with E-state index in [9.17, 15) is 9.90 Å². The van der Waals surface area contributed by atoms with Crippen molar-refractivity contribution in [2.75, 3.05) is 0 Å². The van der Waals surface area contributed by atoms with Gasteiger partial charge in [-0.3, -0.25) is 4.79 Å². The molecule has 1 aromatic carbocycles. The molecule has 2 N–H and O–H groups in total. The van der Waals surface area contributed by atoms with E-state index in [0.29, 0.717) is 11.5 Å². The molecule has 3 nitrogen and oxygen atoms in total. The highest BCUT2D eigenvalue weighted by Crippen LogP contribution is 2.15. The summed E-state index contributed by atoms with van der Waals surface area (Å²) in [6, 6.07) is 6.57. The summed E-state index contributed by atoms with van der Waals surface area (Å²) in [4.78, 5) is 11.9. The number of carbonyl (C=O) groups excluding carboxylic acids is 1. The third-order valence-corrected chi connectivity index (χ3v) is 3.22. The van der Waals surface area contributed by atoms with E-state index in [1.54, 1.807) is 18.2 Å². The van der Waals surface area contributed by atoms with Gasteiger partial charge in [-0.05, 0) is 31.0 Å². The molecular formula is C14H21NO2. The number of hydrogen-bond donors (Lipinski definition) is 2. The van der Waals surface area contributed by atoms with E-state index in [1.165, 1.54) is 6.07 Å². The fourth-order valence-electron chi connectivity index (χ4n) is 2.05. The van der Waals surface area contributed by atoms with Gasteiger partial charge >= 0.3 is 0 Å². The Morgan fingerprint density at radius 2 is 2.00 bits per heavy atom. The first kappa shape index (κ1) is 13.6. The number of hydrogen-bond acceptors (Lipinski definition) is 2. The summed E-state index contributed by atoms with van der Waals surface area (Å²) >= 11 is 0. The fourth-order valence-corrected chi connectivity index (χ4v) is 2.05. The van der Waals surface area contributed by atoms with Crippen LogP contribution in [0.4, 0.5) is 0 Å². The van der Waals surface area contributed by atoms with Gasteiger partial charge in [-0.1, -0.05) is 32.8 Å². The average molecular weight is 235 g/mol. The minimum Gasteiger partial charge on any atom is -0.508 e. The van der Waals surface area contributed by atoms with Crippen LogP contribution in [0.1, 0.15) is 44.0 Å². The second kappa shape index (κ2) is 6.28. The lowest BCUT2D eigenvalue weighted by atomic mass is 9.95. The minimum absolute atomic E-state index is 0.118. The van der Waals surface area contributed by atoms with Crippen LogP contribution in [0, 0.1) is 5.92 Å². The fraction of sp³-hybridized carbons (Fsp3) is 0.500. The van der Waals surface area contributed by atoms with E-state index >= 15 is 0 Å². The predicted octanol–water partition coefficient (Wildman–Crippen LogP) is 2.95. The van der Waals surface area contributed by atoms with Crippen molar-refractivity contribution >= 4 is 5.91 Å². The monoisotopic (exact) mass is 235 g/mol. The molecule has 0 bridgehead atoms. The number of phenolic OH excluding ortho intramolecular Hbond substituents is 1. The summed E-state index contributed by atoms with van der Waals surface area (Å²) in [7, 11) is 0. The second-order valence-corrected chi connectivity index (χ2v) is 4.39. The number of phenols is 1. The second-order valence-electron chi connectivity index (χ2n) is 4.39. The zero-order chi connectivity index (χ0) is 12.8. The molecule has 3 heteroatoms. The van der Waals surface area contributed by atoms with Crippen LogP contribution in [0.3, 0.4) is 0 Å². The lowest BCUT2D eigenvalue weighted by Gasteiger charge is -2.22. The van der Waals surface area contributed by atoms with Crippen molar-refractivity contribution < 1.29 is 9.90 Å². The van der Waals surface area contributed by atoms with Crippen LogP contribution < -0.4 is 5.32 Å². The Balaban J connectivity index is 2.66. The van der Waals surface area contributed by atoms with Crippen LogP contribution in [0.2, 0.25) is 0 Å². The van der Waals surface area contributed by atoms with E-state index < -0.39 is 0 Å². The van der Waals surface area contributed by atoms with Crippen molar-refractivity contribution in [3.05, 3.63) is 29.8 Å². The molecule has 0 heterocycles. The molecule has 0 aliphatic carbocycles. The van der Waals surface area contributed by atoms with Gasteiger partial charge in [0.2, 0.25) is 0 Å². The van der Waals surface area contributed by atoms with Gasteiger partial charge in [0, 0.05) is 11.6 Å². The van der Waals surface area contributed by atoms with Gasteiger partial charge in [0.25, 0.3) is 5.91 Å². The van der Waals surface area contributed by atoms with Crippen LogP contribution >= 0.6 is 0 Å². The maximum absolute atomic E-state index is 11.9. The quantitative estimate of drug-likeness (QED) is 0.824. The topological polar surface area (TPSA) is 49.3 Å². The van der Waals surface area contributed by atoms with E-state index in [-0.39, 0.29) is 17.7 Å². The Hall–Kier alpha value is -1.51. The maximum Gasteiger partial charge on any atom is 0.251 e. The Labute approximate surface area is 103 Å². The summed E-state index contributed by atoms with van der Waals surface area (Å²) in [5.41, 5.74) is 0.503. The van der Waals surface area contributed by atoms with Gasteiger partial charge in [0.15, 0.2) is 0 Å². The molecule has 0 saturated carbocycles. The first-order valence-corrected chi connectivity index (χ1v) is 6.18. The van der Waals surface area contributed by atoms with Gasteiger partial charge in [0.1, 0.15) is 5.75 Å².